The van der Waals surface area contributed by atoms with Crippen molar-refractivity contribution >= 4 is 40.7 Å². The van der Waals surface area contributed by atoms with E-state index in [1.54, 1.807) is 42.5 Å². The van der Waals surface area contributed by atoms with E-state index in [-0.39, 0.29) is 17.7 Å². The van der Waals surface area contributed by atoms with E-state index < -0.39 is 0 Å². The Kier molecular flexibility index (Phi) is 8.56. The number of likely N-dealkylation sites (tertiary alicyclic amines) is 1. The van der Waals surface area contributed by atoms with Gasteiger partial charge in [0.05, 0.1) is 28.7 Å². The van der Waals surface area contributed by atoms with E-state index in [0.29, 0.717) is 58.2 Å². The summed E-state index contributed by atoms with van der Waals surface area (Å²) in [6.07, 6.45) is 1.60. The summed E-state index contributed by atoms with van der Waals surface area (Å²) in [6, 6.07) is 21.8. The Morgan fingerprint density at radius 3 is 2.64 bits per heavy atom. The molecule has 2 amide bonds. The second-order valence-electron chi connectivity index (χ2n) is 9.41. The summed E-state index contributed by atoms with van der Waals surface area (Å²) in [5, 5.41) is 10.9. The topological polar surface area (TPSA) is 100 Å². The highest BCUT2D eigenvalue weighted by atomic mass is 35.5. The number of nitrogens with one attached hydrogen (secondary N) is 2. The van der Waals surface area contributed by atoms with E-state index in [4.69, 9.17) is 27.7 Å². The molecule has 0 aliphatic carbocycles. The molecule has 0 spiro atoms. The third kappa shape index (κ3) is 6.84. The molecule has 0 saturated carbocycles. The van der Waals surface area contributed by atoms with Crippen LogP contribution in [0.25, 0.3) is 11.4 Å². The van der Waals surface area contributed by atoms with Crippen LogP contribution in [0.3, 0.4) is 0 Å². The van der Waals surface area contributed by atoms with Gasteiger partial charge in [-0.15, -0.1) is 0 Å². The first-order valence-electron chi connectivity index (χ1n) is 12.7. The van der Waals surface area contributed by atoms with E-state index in [1.165, 1.54) is 0 Å². The van der Waals surface area contributed by atoms with Crippen molar-refractivity contribution < 1.29 is 14.1 Å². The largest absolute Gasteiger partial charge is 0.348 e. The van der Waals surface area contributed by atoms with Gasteiger partial charge in [0.25, 0.3) is 5.91 Å². The molecule has 5 rings (SSSR count). The van der Waals surface area contributed by atoms with Crippen molar-refractivity contribution in [1.82, 2.24) is 20.4 Å². The number of carbonyl (C=O) groups is 2. The number of nitrogens with zero attached hydrogens (tertiary/aromatic N) is 3. The highest BCUT2D eigenvalue weighted by Crippen LogP contribution is 2.29. The van der Waals surface area contributed by atoms with E-state index in [2.05, 4.69) is 25.7 Å². The Bertz CT molecular complexity index is 1460. The molecule has 1 fully saturated rings. The van der Waals surface area contributed by atoms with Gasteiger partial charge in [0.2, 0.25) is 17.6 Å². The molecule has 1 aromatic heterocycles. The number of benzene rings is 3. The van der Waals surface area contributed by atoms with Crippen LogP contribution < -0.4 is 10.6 Å². The minimum absolute atomic E-state index is 0.123. The number of aromatic nitrogens is 2. The number of amides is 2. The number of rotatable bonds is 8. The van der Waals surface area contributed by atoms with Gasteiger partial charge in [-0.2, -0.15) is 4.98 Å². The smallest absolute Gasteiger partial charge is 0.253 e. The van der Waals surface area contributed by atoms with Crippen LogP contribution in [-0.2, 0) is 17.9 Å². The Balaban J connectivity index is 1.19. The maximum atomic E-state index is 13.2. The molecule has 8 nitrogen and oxygen atoms in total. The zero-order chi connectivity index (χ0) is 27.2. The molecule has 1 unspecified atom stereocenters. The summed E-state index contributed by atoms with van der Waals surface area (Å²) >= 11 is 12.3. The zero-order valence-corrected chi connectivity index (χ0v) is 22.6. The standard InChI is InChI=1S/C29H27Cl2N5O3/c30-21-12-13-22(24(31)15-21)27-34-26(39-35-27)18-36-14-6-9-20(17-36)28(37)33-25-11-5-4-10-23(25)29(38)32-16-19-7-2-1-3-8-19/h1-5,7-8,10-13,15,20H,6,9,14,16-18H2,(H,32,38)(H,33,37). The van der Waals surface area contributed by atoms with Crippen LogP contribution in [0.2, 0.25) is 10.0 Å². The lowest BCUT2D eigenvalue weighted by molar-refractivity contribution is -0.121. The summed E-state index contributed by atoms with van der Waals surface area (Å²) < 4.78 is 5.46. The minimum Gasteiger partial charge on any atom is -0.348 e. The van der Waals surface area contributed by atoms with Crippen LogP contribution in [0.1, 0.15) is 34.7 Å². The van der Waals surface area contributed by atoms with Crippen molar-refractivity contribution in [3.8, 4) is 11.4 Å². The second-order valence-corrected chi connectivity index (χ2v) is 10.3. The molecule has 2 heterocycles. The fourth-order valence-electron chi connectivity index (χ4n) is 4.60. The summed E-state index contributed by atoms with van der Waals surface area (Å²) in [4.78, 5) is 32.7. The molecule has 39 heavy (non-hydrogen) atoms. The molecule has 10 heteroatoms. The average Bonchev–Trinajstić information content (AvgIpc) is 3.40. The molecule has 0 radical (unpaired) electrons. The highest BCUT2D eigenvalue weighted by molar-refractivity contribution is 6.36. The Hall–Kier alpha value is -3.72. The first-order valence-corrected chi connectivity index (χ1v) is 13.4. The van der Waals surface area contributed by atoms with Gasteiger partial charge in [-0.05, 0) is 55.3 Å². The number of carbonyl (C=O) groups excluding carboxylic acids is 2. The number of para-hydroxylation sites is 1. The van der Waals surface area contributed by atoms with Gasteiger partial charge in [-0.1, -0.05) is 70.8 Å². The number of anilines is 1. The van der Waals surface area contributed by atoms with Crippen molar-refractivity contribution in [2.75, 3.05) is 18.4 Å². The van der Waals surface area contributed by atoms with Crippen molar-refractivity contribution in [2.45, 2.75) is 25.9 Å². The first-order chi connectivity index (χ1) is 19.0. The predicted molar refractivity (Wildman–Crippen MR) is 150 cm³/mol. The van der Waals surface area contributed by atoms with Gasteiger partial charge < -0.3 is 15.2 Å². The van der Waals surface area contributed by atoms with E-state index >= 15 is 0 Å². The lowest BCUT2D eigenvalue weighted by Gasteiger charge is -2.31. The molecule has 2 N–H and O–H groups in total. The quantitative estimate of drug-likeness (QED) is 0.280. The van der Waals surface area contributed by atoms with Crippen LogP contribution in [0.4, 0.5) is 5.69 Å². The summed E-state index contributed by atoms with van der Waals surface area (Å²) in [7, 11) is 0. The second kappa shape index (κ2) is 12.4. The summed E-state index contributed by atoms with van der Waals surface area (Å²) in [5.74, 6) is 0.222. The van der Waals surface area contributed by atoms with Gasteiger partial charge in [0, 0.05) is 23.7 Å². The number of piperidine rings is 1. The van der Waals surface area contributed by atoms with Crippen LogP contribution in [-0.4, -0.2) is 39.9 Å². The monoisotopic (exact) mass is 563 g/mol. The summed E-state index contributed by atoms with van der Waals surface area (Å²) in [6.45, 7) is 2.16. The molecular weight excluding hydrogens is 537 g/mol. The van der Waals surface area contributed by atoms with Gasteiger partial charge >= 0.3 is 0 Å². The average molecular weight is 564 g/mol. The van der Waals surface area contributed by atoms with Gasteiger partial charge in [-0.25, -0.2) is 0 Å². The summed E-state index contributed by atoms with van der Waals surface area (Å²) in [5.41, 5.74) is 2.55. The van der Waals surface area contributed by atoms with Crippen LogP contribution in [0.5, 0.6) is 0 Å². The van der Waals surface area contributed by atoms with Crippen molar-refractivity contribution in [3.05, 3.63) is 99.9 Å². The fourth-order valence-corrected chi connectivity index (χ4v) is 5.10. The van der Waals surface area contributed by atoms with Gasteiger partial charge in [-0.3, -0.25) is 14.5 Å². The van der Waals surface area contributed by atoms with E-state index in [1.807, 2.05) is 30.3 Å². The van der Waals surface area contributed by atoms with Crippen molar-refractivity contribution in [1.29, 1.82) is 0 Å². The zero-order valence-electron chi connectivity index (χ0n) is 21.1. The lowest BCUT2D eigenvalue weighted by Crippen LogP contribution is -2.40. The SMILES string of the molecule is O=C(NCc1ccccc1)c1ccccc1NC(=O)C1CCCN(Cc2nc(-c3ccc(Cl)cc3Cl)no2)C1. The van der Waals surface area contributed by atoms with Gasteiger partial charge in [0.1, 0.15) is 0 Å². The number of halogens is 2. The molecule has 1 atom stereocenters. The molecule has 0 bridgehead atoms. The Morgan fingerprint density at radius 1 is 1.03 bits per heavy atom. The fraction of sp³-hybridized carbons (Fsp3) is 0.241. The molecule has 1 aliphatic rings. The minimum atomic E-state index is -0.243. The molecule has 1 aliphatic heterocycles. The third-order valence-electron chi connectivity index (χ3n) is 6.60. The van der Waals surface area contributed by atoms with Crippen molar-refractivity contribution in [2.24, 2.45) is 5.92 Å². The molecule has 3 aromatic carbocycles. The van der Waals surface area contributed by atoms with Crippen LogP contribution in [0.15, 0.2) is 77.3 Å². The highest BCUT2D eigenvalue weighted by Gasteiger charge is 2.28. The van der Waals surface area contributed by atoms with Crippen LogP contribution >= 0.6 is 23.2 Å². The maximum absolute atomic E-state index is 13.2. The number of hydrogen-bond donors (Lipinski definition) is 2. The normalized spacial score (nSPS) is 15.6. The van der Waals surface area contributed by atoms with Crippen LogP contribution in [0, 0.1) is 5.92 Å². The molecule has 200 valence electrons. The van der Waals surface area contributed by atoms with E-state index in [0.717, 1.165) is 24.9 Å². The first kappa shape index (κ1) is 26.9. The molecular formula is C29H27Cl2N5O3. The van der Waals surface area contributed by atoms with E-state index in [9.17, 15) is 9.59 Å². The molecule has 4 aromatic rings. The Labute approximate surface area is 236 Å². The van der Waals surface area contributed by atoms with Gasteiger partial charge in [0.15, 0.2) is 0 Å². The lowest BCUT2D eigenvalue weighted by atomic mass is 9.96. The third-order valence-corrected chi connectivity index (χ3v) is 7.15. The Morgan fingerprint density at radius 2 is 1.82 bits per heavy atom. The van der Waals surface area contributed by atoms with Crippen molar-refractivity contribution in [3.63, 3.8) is 0 Å². The number of hydrogen-bond acceptors (Lipinski definition) is 6. The molecule has 1 saturated heterocycles. The predicted octanol–water partition coefficient (Wildman–Crippen LogP) is 5.82. The maximum Gasteiger partial charge on any atom is 0.253 e.